The Morgan fingerprint density at radius 3 is 2.59 bits per heavy atom. The van der Waals surface area contributed by atoms with Crippen LogP contribution in [0.15, 0.2) is 23.3 Å². The average Bonchev–Trinajstić information content (AvgIpc) is 2.46. The zero-order valence-electron chi connectivity index (χ0n) is 14.5. The van der Waals surface area contributed by atoms with Crippen molar-refractivity contribution in [1.29, 1.82) is 0 Å². The molecule has 0 unspecified atom stereocenters. The largest absolute Gasteiger partial charge is 0.481 e. The standard InChI is InChI=1S/C20H30O2/c1-13(2)14-6-8-16-15(12-14)7-9-17-19(16,3)10-5-11-20(17,4)18(21)22/h7-8,13-14,17H,5-6,9-12H2,1-4H3,(H,21,22)/t14-,17-,19-,20-/m1/s1. The van der Waals surface area contributed by atoms with E-state index < -0.39 is 11.4 Å². The first-order valence-corrected chi connectivity index (χ1v) is 8.92. The van der Waals surface area contributed by atoms with Crippen molar-refractivity contribution in [1.82, 2.24) is 0 Å². The van der Waals surface area contributed by atoms with Gasteiger partial charge in [-0.3, -0.25) is 4.79 Å². The third kappa shape index (κ3) is 2.18. The molecule has 3 aliphatic rings. The summed E-state index contributed by atoms with van der Waals surface area (Å²) in [5.41, 5.74) is 2.52. The van der Waals surface area contributed by atoms with E-state index in [9.17, 15) is 9.90 Å². The van der Waals surface area contributed by atoms with Crippen LogP contribution < -0.4 is 0 Å². The molecule has 0 radical (unpaired) electrons. The maximum atomic E-state index is 11.9. The summed E-state index contributed by atoms with van der Waals surface area (Å²) < 4.78 is 0. The van der Waals surface area contributed by atoms with Gasteiger partial charge in [0.1, 0.15) is 0 Å². The quantitative estimate of drug-likeness (QED) is 0.760. The Morgan fingerprint density at radius 2 is 1.95 bits per heavy atom. The molecule has 0 bridgehead atoms. The minimum Gasteiger partial charge on any atom is -0.481 e. The zero-order valence-corrected chi connectivity index (χ0v) is 14.5. The highest BCUT2D eigenvalue weighted by atomic mass is 16.4. The van der Waals surface area contributed by atoms with Gasteiger partial charge in [0.2, 0.25) is 0 Å². The third-order valence-electron chi connectivity index (χ3n) is 7.03. The molecule has 0 aromatic carbocycles. The van der Waals surface area contributed by atoms with E-state index in [0.717, 1.165) is 43.9 Å². The van der Waals surface area contributed by atoms with Gasteiger partial charge in [-0.1, -0.05) is 39.3 Å². The normalized spacial score (nSPS) is 41.3. The molecule has 0 aromatic rings. The van der Waals surface area contributed by atoms with E-state index >= 15 is 0 Å². The van der Waals surface area contributed by atoms with E-state index in [1.807, 2.05) is 6.92 Å². The molecule has 0 saturated heterocycles. The summed E-state index contributed by atoms with van der Waals surface area (Å²) in [5.74, 6) is 1.12. The van der Waals surface area contributed by atoms with Gasteiger partial charge < -0.3 is 5.11 Å². The molecule has 2 heteroatoms. The predicted molar refractivity (Wildman–Crippen MR) is 89.5 cm³/mol. The van der Waals surface area contributed by atoms with Crippen molar-refractivity contribution in [3.05, 3.63) is 23.3 Å². The highest BCUT2D eigenvalue weighted by molar-refractivity contribution is 5.75. The number of carboxylic acids is 1. The van der Waals surface area contributed by atoms with Gasteiger partial charge in [-0.2, -0.15) is 0 Å². The van der Waals surface area contributed by atoms with Crippen LogP contribution in [-0.4, -0.2) is 11.1 Å². The van der Waals surface area contributed by atoms with E-state index in [1.54, 1.807) is 0 Å². The monoisotopic (exact) mass is 302 g/mol. The summed E-state index contributed by atoms with van der Waals surface area (Å²) >= 11 is 0. The Labute approximate surface area is 134 Å². The van der Waals surface area contributed by atoms with Gasteiger partial charge in [0.05, 0.1) is 5.41 Å². The van der Waals surface area contributed by atoms with Crippen molar-refractivity contribution in [3.8, 4) is 0 Å². The van der Waals surface area contributed by atoms with Gasteiger partial charge in [-0.05, 0) is 73.3 Å². The van der Waals surface area contributed by atoms with Crippen LogP contribution in [0, 0.1) is 28.6 Å². The molecule has 1 fully saturated rings. The van der Waals surface area contributed by atoms with Crippen LogP contribution >= 0.6 is 0 Å². The molecule has 1 N–H and O–H groups in total. The molecular weight excluding hydrogens is 272 g/mol. The van der Waals surface area contributed by atoms with Crippen LogP contribution in [0.4, 0.5) is 0 Å². The van der Waals surface area contributed by atoms with Crippen molar-refractivity contribution in [3.63, 3.8) is 0 Å². The Kier molecular flexibility index (Phi) is 3.78. The Morgan fingerprint density at radius 1 is 1.23 bits per heavy atom. The first-order valence-electron chi connectivity index (χ1n) is 8.92. The second kappa shape index (κ2) is 5.25. The van der Waals surface area contributed by atoms with Crippen molar-refractivity contribution in [2.75, 3.05) is 0 Å². The van der Waals surface area contributed by atoms with E-state index in [1.165, 1.54) is 17.6 Å². The van der Waals surface area contributed by atoms with E-state index in [2.05, 4.69) is 32.9 Å². The lowest BCUT2D eigenvalue weighted by atomic mass is 9.49. The summed E-state index contributed by atoms with van der Waals surface area (Å²) in [6, 6.07) is 0. The molecule has 0 heterocycles. The molecule has 0 amide bonds. The summed E-state index contributed by atoms with van der Waals surface area (Å²) in [5, 5.41) is 9.82. The van der Waals surface area contributed by atoms with Crippen molar-refractivity contribution < 1.29 is 9.90 Å². The van der Waals surface area contributed by atoms with Gasteiger partial charge in [0.15, 0.2) is 0 Å². The number of hydrogen-bond donors (Lipinski definition) is 1. The maximum Gasteiger partial charge on any atom is 0.309 e. The highest BCUT2D eigenvalue weighted by Gasteiger charge is 2.55. The highest BCUT2D eigenvalue weighted by Crippen LogP contribution is 2.61. The molecule has 0 aromatic heterocycles. The van der Waals surface area contributed by atoms with E-state index in [-0.39, 0.29) is 11.3 Å². The van der Waals surface area contributed by atoms with Crippen LogP contribution in [0.25, 0.3) is 0 Å². The minimum atomic E-state index is -0.600. The second-order valence-electron chi connectivity index (χ2n) is 8.57. The zero-order chi connectivity index (χ0) is 16.1. The van der Waals surface area contributed by atoms with Gasteiger partial charge >= 0.3 is 5.97 Å². The smallest absolute Gasteiger partial charge is 0.309 e. The number of allylic oxidation sites excluding steroid dienone is 4. The molecule has 0 spiro atoms. The summed E-state index contributed by atoms with van der Waals surface area (Å²) in [7, 11) is 0. The lowest BCUT2D eigenvalue weighted by molar-refractivity contribution is -0.158. The van der Waals surface area contributed by atoms with E-state index in [4.69, 9.17) is 0 Å². The Bertz CT molecular complexity index is 542. The number of rotatable bonds is 2. The van der Waals surface area contributed by atoms with Crippen LogP contribution in [0.5, 0.6) is 0 Å². The number of carbonyl (C=O) groups is 1. The average molecular weight is 302 g/mol. The van der Waals surface area contributed by atoms with Crippen molar-refractivity contribution in [2.45, 2.75) is 66.2 Å². The van der Waals surface area contributed by atoms with Gasteiger partial charge in [-0.25, -0.2) is 0 Å². The van der Waals surface area contributed by atoms with Gasteiger partial charge in [0, 0.05) is 0 Å². The van der Waals surface area contributed by atoms with Crippen LogP contribution in [0.3, 0.4) is 0 Å². The van der Waals surface area contributed by atoms with Crippen LogP contribution in [0.1, 0.15) is 66.2 Å². The number of carboxylic acid groups (broad SMARTS) is 1. The predicted octanol–water partition coefficient (Wildman–Crippen LogP) is 5.21. The van der Waals surface area contributed by atoms with Crippen LogP contribution in [-0.2, 0) is 4.79 Å². The molecule has 3 rings (SSSR count). The Balaban J connectivity index is 1.99. The lowest BCUT2D eigenvalue weighted by Gasteiger charge is -2.54. The molecule has 4 atom stereocenters. The molecule has 1 saturated carbocycles. The maximum absolute atomic E-state index is 11.9. The molecule has 122 valence electrons. The molecule has 22 heavy (non-hydrogen) atoms. The fourth-order valence-electron chi connectivity index (χ4n) is 5.41. The molecular formula is C20H30O2. The van der Waals surface area contributed by atoms with Gasteiger partial charge in [0.25, 0.3) is 0 Å². The van der Waals surface area contributed by atoms with Crippen LogP contribution in [0.2, 0.25) is 0 Å². The third-order valence-corrected chi connectivity index (χ3v) is 7.03. The first kappa shape index (κ1) is 15.8. The SMILES string of the molecule is CC(C)[C@@H]1CC=C2C(=CC[C@H]3[C@](C)(C(=O)O)CCC[C@]23C)C1. The second-order valence-corrected chi connectivity index (χ2v) is 8.57. The topological polar surface area (TPSA) is 37.3 Å². The first-order chi connectivity index (χ1) is 10.3. The molecule has 3 aliphatic carbocycles. The molecule has 0 aliphatic heterocycles. The van der Waals surface area contributed by atoms with Crippen molar-refractivity contribution in [2.24, 2.45) is 28.6 Å². The summed E-state index contributed by atoms with van der Waals surface area (Å²) in [6.07, 6.45) is 11.1. The van der Waals surface area contributed by atoms with E-state index in [0.29, 0.717) is 0 Å². The minimum absolute atomic E-state index is 0.0669. The summed E-state index contributed by atoms with van der Waals surface area (Å²) in [4.78, 5) is 11.9. The Hall–Kier alpha value is -1.05. The lowest BCUT2D eigenvalue weighted by Crippen LogP contribution is -2.50. The number of aliphatic carboxylic acids is 1. The number of hydrogen-bond acceptors (Lipinski definition) is 1. The fourth-order valence-corrected chi connectivity index (χ4v) is 5.41. The van der Waals surface area contributed by atoms with Crippen molar-refractivity contribution >= 4 is 5.97 Å². The number of fused-ring (bicyclic) bond motifs is 3. The molecule has 2 nitrogen and oxygen atoms in total. The fraction of sp³-hybridized carbons (Fsp3) is 0.750. The summed E-state index contributed by atoms with van der Waals surface area (Å²) in [6.45, 7) is 8.96. The van der Waals surface area contributed by atoms with Gasteiger partial charge in [-0.15, -0.1) is 0 Å².